The minimum absolute atomic E-state index is 0.268. The molecule has 2 aliphatic rings. The molecule has 2 fully saturated rings. The van der Waals surface area contributed by atoms with Crippen LogP contribution in [0.5, 0.6) is 0 Å². The van der Waals surface area contributed by atoms with Crippen LogP contribution in [0.15, 0.2) is 60.9 Å². The van der Waals surface area contributed by atoms with Gasteiger partial charge in [0.25, 0.3) is 0 Å². The first-order valence-corrected chi connectivity index (χ1v) is 15.7. The highest BCUT2D eigenvalue weighted by atomic mass is 16.6. The second-order valence-corrected chi connectivity index (χ2v) is 13.2. The first kappa shape index (κ1) is 30.0. The van der Waals surface area contributed by atoms with E-state index in [9.17, 15) is 4.79 Å². The molecule has 1 aliphatic heterocycles. The van der Waals surface area contributed by atoms with E-state index in [1.54, 1.807) is 0 Å². The van der Waals surface area contributed by atoms with E-state index in [4.69, 9.17) is 15.6 Å². The Morgan fingerprint density at radius 3 is 2.20 bits per heavy atom. The second-order valence-electron chi connectivity index (χ2n) is 13.2. The van der Waals surface area contributed by atoms with Crippen LogP contribution in [0.1, 0.15) is 69.7 Å². The Bertz CT molecular complexity index is 1560. The van der Waals surface area contributed by atoms with Gasteiger partial charge in [-0.2, -0.15) is 5.10 Å². The van der Waals surface area contributed by atoms with Crippen molar-refractivity contribution in [2.45, 2.75) is 70.2 Å². The summed E-state index contributed by atoms with van der Waals surface area (Å²) in [6.45, 7) is 10.2. The monoisotopic (exact) mass is 596 g/mol. The third-order valence-electron chi connectivity index (χ3n) is 8.90. The van der Waals surface area contributed by atoms with E-state index in [0.717, 1.165) is 85.3 Å². The number of benzene rings is 2. The van der Waals surface area contributed by atoms with Gasteiger partial charge in [0.15, 0.2) is 5.65 Å². The third kappa shape index (κ3) is 6.56. The number of rotatable bonds is 6. The molecule has 0 bridgehead atoms. The number of nitrogen functional groups attached to an aromatic ring is 1. The van der Waals surface area contributed by atoms with Crippen molar-refractivity contribution in [1.29, 1.82) is 0 Å². The van der Waals surface area contributed by atoms with Gasteiger partial charge >= 0.3 is 6.09 Å². The standard InChI is InChI=1S/C34H44N8O2/c1-34(2,3)44-33(43)38-29(23-8-6-5-7-9-23)24-10-12-25(13-11-24)30-28-31(35)36-22-37-32(28)42(39-30)27-16-14-26(15-17-27)41-20-18-40(4)19-21-41/h5-13,22,26-27,29H,14-21H2,1-4H3,(H,38,43)(H2,35,36,37)/t26-,27+,29?. The Morgan fingerprint density at radius 2 is 1.55 bits per heavy atom. The Labute approximate surface area is 259 Å². The number of alkyl carbamates (subject to hydrolysis) is 1. The molecule has 1 unspecified atom stereocenters. The summed E-state index contributed by atoms with van der Waals surface area (Å²) < 4.78 is 7.67. The van der Waals surface area contributed by atoms with E-state index < -0.39 is 11.7 Å². The molecule has 1 amide bonds. The summed E-state index contributed by atoms with van der Waals surface area (Å²) in [6, 6.07) is 18.5. The maximum Gasteiger partial charge on any atom is 0.408 e. The van der Waals surface area contributed by atoms with Crippen LogP contribution in [-0.4, -0.2) is 80.5 Å². The average molecular weight is 597 g/mol. The number of nitrogens with zero attached hydrogens (tertiary/aromatic N) is 6. The molecule has 3 N–H and O–H groups in total. The van der Waals surface area contributed by atoms with Gasteiger partial charge in [0.1, 0.15) is 23.4 Å². The van der Waals surface area contributed by atoms with Crippen molar-refractivity contribution in [3.8, 4) is 11.3 Å². The zero-order chi connectivity index (χ0) is 30.8. The van der Waals surface area contributed by atoms with Crippen molar-refractivity contribution in [3.05, 3.63) is 72.1 Å². The SMILES string of the molecule is CN1CCN([C@H]2CC[C@@H](n3nc(-c4ccc(C(NC(=O)OC(C)(C)C)c5ccccc5)cc4)c4c(N)ncnc43)CC2)CC1. The number of carbonyl (C=O) groups is 1. The molecule has 1 saturated heterocycles. The van der Waals surface area contributed by atoms with E-state index in [1.165, 1.54) is 6.33 Å². The first-order chi connectivity index (χ1) is 21.2. The molecule has 4 aromatic rings. The predicted octanol–water partition coefficient (Wildman–Crippen LogP) is 5.42. The third-order valence-corrected chi connectivity index (χ3v) is 8.90. The van der Waals surface area contributed by atoms with Crippen molar-refractivity contribution < 1.29 is 9.53 Å². The van der Waals surface area contributed by atoms with Crippen LogP contribution < -0.4 is 11.1 Å². The van der Waals surface area contributed by atoms with Gasteiger partial charge < -0.3 is 20.7 Å². The van der Waals surface area contributed by atoms with E-state index in [0.29, 0.717) is 11.9 Å². The van der Waals surface area contributed by atoms with Crippen molar-refractivity contribution in [2.75, 3.05) is 39.0 Å². The normalized spacial score (nSPS) is 20.8. The van der Waals surface area contributed by atoms with Gasteiger partial charge in [-0.1, -0.05) is 54.6 Å². The van der Waals surface area contributed by atoms with Crippen molar-refractivity contribution in [2.24, 2.45) is 0 Å². The van der Waals surface area contributed by atoms with E-state index in [2.05, 4.69) is 36.8 Å². The molecule has 10 nitrogen and oxygen atoms in total. The Morgan fingerprint density at radius 1 is 0.909 bits per heavy atom. The zero-order valence-electron chi connectivity index (χ0n) is 26.2. The number of anilines is 1. The Hall–Kier alpha value is -4.02. The fourth-order valence-electron chi connectivity index (χ4n) is 6.57. The van der Waals surface area contributed by atoms with Gasteiger partial charge in [0, 0.05) is 37.8 Å². The van der Waals surface area contributed by atoms with Crippen molar-refractivity contribution >= 4 is 22.9 Å². The lowest BCUT2D eigenvalue weighted by Crippen LogP contribution is -2.49. The molecule has 232 valence electrons. The van der Waals surface area contributed by atoms with Crippen LogP contribution in [0.25, 0.3) is 22.3 Å². The highest BCUT2D eigenvalue weighted by Gasteiger charge is 2.31. The molecule has 0 spiro atoms. The highest BCUT2D eigenvalue weighted by molar-refractivity contribution is 5.98. The zero-order valence-corrected chi connectivity index (χ0v) is 26.2. The molecular weight excluding hydrogens is 552 g/mol. The van der Waals surface area contributed by atoms with Gasteiger partial charge in [-0.25, -0.2) is 19.4 Å². The molecule has 44 heavy (non-hydrogen) atoms. The molecule has 1 aliphatic carbocycles. The molecule has 3 heterocycles. The predicted molar refractivity (Wildman–Crippen MR) is 173 cm³/mol. The average Bonchev–Trinajstić information content (AvgIpc) is 3.41. The van der Waals surface area contributed by atoms with Crippen molar-refractivity contribution in [1.82, 2.24) is 34.9 Å². The number of fused-ring (bicyclic) bond motifs is 1. The topological polar surface area (TPSA) is 114 Å². The quantitative estimate of drug-likeness (QED) is 0.303. The summed E-state index contributed by atoms with van der Waals surface area (Å²) in [5.74, 6) is 0.431. The number of amides is 1. The Kier molecular flexibility index (Phi) is 8.55. The second kappa shape index (κ2) is 12.5. The highest BCUT2D eigenvalue weighted by Crippen LogP contribution is 2.37. The van der Waals surface area contributed by atoms with Crippen LogP contribution in [0.4, 0.5) is 10.6 Å². The summed E-state index contributed by atoms with van der Waals surface area (Å²) in [7, 11) is 2.21. The molecule has 1 saturated carbocycles. The molecule has 6 rings (SSSR count). The van der Waals surface area contributed by atoms with Crippen LogP contribution in [0.3, 0.4) is 0 Å². The minimum atomic E-state index is -0.596. The molecule has 10 heteroatoms. The van der Waals surface area contributed by atoms with Gasteiger partial charge in [0.2, 0.25) is 0 Å². The maximum atomic E-state index is 12.8. The van der Waals surface area contributed by atoms with Gasteiger partial charge in [-0.3, -0.25) is 4.90 Å². The van der Waals surface area contributed by atoms with E-state index in [1.807, 2.05) is 75.4 Å². The van der Waals surface area contributed by atoms with Gasteiger partial charge in [-0.05, 0) is 64.6 Å². The number of nitrogens with two attached hydrogens (primary N) is 1. The number of carbonyl (C=O) groups excluding carboxylic acids is 1. The van der Waals surface area contributed by atoms with Crippen LogP contribution in [0, 0.1) is 0 Å². The van der Waals surface area contributed by atoms with Crippen LogP contribution >= 0.6 is 0 Å². The molecule has 2 aromatic carbocycles. The van der Waals surface area contributed by atoms with Crippen molar-refractivity contribution in [3.63, 3.8) is 0 Å². The number of hydrogen-bond acceptors (Lipinski definition) is 8. The van der Waals surface area contributed by atoms with Gasteiger partial charge in [-0.15, -0.1) is 0 Å². The van der Waals surface area contributed by atoms with E-state index >= 15 is 0 Å². The molecule has 1 atom stereocenters. The number of likely N-dealkylation sites (N-methyl/N-ethyl adjacent to an activating group) is 1. The number of piperazine rings is 1. The summed E-state index contributed by atoms with van der Waals surface area (Å²) in [4.78, 5) is 26.8. The summed E-state index contributed by atoms with van der Waals surface area (Å²) in [6.07, 6.45) is 5.51. The summed E-state index contributed by atoms with van der Waals surface area (Å²) in [5, 5.41) is 8.98. The molecular formula is C34H44N8O2. The van der Waals surface area contributed by atoms with E-state index in [-0.39, 0.29) is 12.1 Å². The fraction of sp³-hybridized carbons (Fsp3) is 0.471. The molecule has 2 aromatic heterocycles. The number of ether oxygens (including phenoxy) is 1. The lowest BCUT2D eigenvalue weighted by atomic mass is 9.90. The Balaban J connectivity index is 1.26. The maximum absolute atomic E-state index is 12.8. The number of hydrogen-bond donors (Lipinski definition) is 2. The lowest BCUT2D eigenvalue weighted by molar-refractivity contribution is 0.0512. The lowest BCUT2D eigenvalue weighted by Gasteiger charge is -2.41. The summed E-state index contributed by atoms with van der Waals surface area (Å²) >= 11 is 0. The fourth-order valence-corrected chi connectivity index (χ4v) is 6.57. The smallest absolute Gasteiger partial charge is 0.408 e. The number of aromatic nitrogens is 4. The van der Waals surface area contributed by atoms with Gasteiger partial charge in [0.05, 0.1) is 17.5 Å². The number of nitrogens with one attached hydrogen (secondary N) is 1. The minimum Gasteiger partial charge on any atom is -0.444 e. The summed E-state index contributed by atoms with van der Waals surface area (Å²) in [5.41, 5.74) is 10.2. The largest absolute Gasteiger partial charge is 0.444 e. The first-order valence-electron chi connectivity index (χ1n) is 15.7. The van der Waals surface area contributed by atoms with Crippen LogP contribution in [-0.2, 0) is 4.74 Å². The van der Waals surface area contributed by atoms with Crippen LogP contribution in [0.2, 0.25) is 0 Å². The molecule has 0 radical (unpaired) electrons.